The molecule has 1 aliphatic rings. The molecule has 1 saturated carbocycles. The fraction of sp³-hybridized carbons (Fsp3) is 0.455. The molecule has 13 heavy (non-hydrogen) atoms. The highest BCUT2D eigenvalue weighted by molar-refractivity contribution is 5.33. The first kappa shape index (κ1) is 8.73. The highest BCUT2D eigenvalue weighted by Gasteiger charge is 2.39. The van der Waals surface area contributed by atoms with Crippen LogP contribution in [-0.4, -0.2) is 11.7 Å². The maximum atomic E-state index is 8.80. The zero-order valence-corrected chi connectivity index (χ0v) is 7.66. The van der Waals surface area contributed by atoms with Crippen LogP contribution in [0.15, 0.2) is 24.3 Å². The molecule has 70 valence electrons. The van der Waals surface area contributed by atoms with E-state index in [0.717, 1.165) is 19.3 Å². The number of hydrogen-bond acceptors (Lipinski definition) is 2. The Morgan fingerprint density at radius 3 is 2.77 bits per heavy atom. The summed E-state index contributed by atoms with van der Waals surface area (Å²) in [6, 6.07) is 8.25. The van der Waals surface area contributed by atoms with Crippen molar-refractivity contribution in [3.05, 3.63) is 35.4 Å². The minimum atomic E-state index is -0.0501. The van der Waals surface area contributed by atoms with Crippen LogP contribution in [0.5, 0.6) is 0 Å². The summed E-state index contributed by atoms with van der Waals surface area (Å²) < 4.78 is 0. The number of nitrogens with two attached hydrogens (primary N) is 1. The smallest absolute Gasteiger partial charge is 0.0471 e. The summed E-state index contributed by atoms with van der Waals surface area (Å²) in [5.41, 5.74) is 8.42. The summed E-state index contributed by atoms with van der Waals surface area (Å²) in [4.78, 5) is 0. The number of hydrogen-bond donors (Lipinski definition) is 2. The predicted octanol–water partition coefficient (Wildman–Crippen LogP) is 1.17. The standard InChI is InChI=1S/C11H15NO/c12-11(5-6-11)10-3-1-2-9(8-10)4-7-13/h1-3,8,13H,4-7,12H2. The summed E-state index contributed by atoms with van der Waals surface area (Å²) in [6.45, 7) is 0.209. The fourth-order valence-electron chi connectivity index (χ4n) is 1.59. The molecule has 1 aromatic carbocycles. The van der Waals surface area contributed by atoms with Gasteiger partial charge in [-0.05, 0) is 30.4 Å². The summed E-state index contributed by atoms with van der Waals surface area (Å²) in [5, 5.41) is 8.80. The van der Waals surface area contributed by atoms with Crippen molar-refractivity contribution in [2.24, 2.45) is 5.73 Å². The number of aliphatic hydroxyl groups is 1. The van der Waals surface area contributed by atoms with Crippen LogP contribution in [0.4, 0.5) is 0 Å². The molecular formula is C11H15NO. The van der Waals surface area contributed by atoms with Gasteiger partial charge >= 0.3 is 0 Å². The molecule has 2 nitrogen and oxygen atoms in total. The minimum Gasteiger partial charge on any atom is -0.396 e. The van der Waals surface area contributed by atoms with Gasteiger partial charge < -0.3 is 10.8 Å². The molecule has 0 aliphatic heterocycles. The molecule has 1 fully saturated rings. The minimum absolute atomic E-state index is 0.0501. The van der Waals surface area contributed by atoms with E-state index in [1.165, 1.54) is 11.1 Å². The first-order valence-corrected chi connectivity index (χ1v) is 4.74. The van der Waals surface area contributed by atoms with E-state index >= 15 is 0 Å². The van der Waals surface area contributed by atoms with Gasteiger partial charge in [0.2, 0.25) is 0 Å². The lowest BCUT2D eigenvalue weighted by molar-refractivity contribution is 0.299. The highest BCUT2D eigenvalue weighted by Crippen LogP contribution is 2.42. The fourth-order valence-corrected chi connectivity index (χ4v) is 1.59. The third-order valence-electron chi connectivity index (χ3n) is 2.69. The van der Waals surface area contributed by atoms with Crippen molar-refractivity contribution in [3.63, 3.8) is 0 Å². The largest absolute Gasteiger partial charge is 0.396 e. The molecule has 0 radical (unpaired) electrons. The van der Waals surface area contributed by atoms with Crippen LogP contribution in [-0.2, 0) is 12.0 Å². The molecule has 0 saturated heterocycles. The first-order valence-electron chi connectivity index (χ1n) is 4.74. The Balaban J connectivity index is 2.22. The average molecular weight is 177 g/mol. The molecule has 0 spiro atoms. The van der Waals surface area contributed by atoms with Crippen molar-refractivity contribution in [2.45, 2.75) is 24.8 Å². The van der Waals surface area contributed by atoms with Crippen LogP contribution in [0, 0.1) is 0 Å². The molecule has 0 heterocycles. The van der Waals surface area contributed by atoms with Gasteiger partial charge in [-0.2, -0.15) is 0 Å². The van der Waals surface area contributed by atoms with E-state index in [0.29, 0.717) is 0 Å². The van der Waals surface area contributed by atoms with Gasteiger partial charge in [0.25, 0.3) is 0 Å². The Morgan fingerprint density at radius 2 is 2.15 bits per heavy atom. The Bertz CT molecular complexity index is 305. The first-order chi connectivity index (χ1) is 6.24. The summed E-state index contributed by atoms with van der Waals surface area (Å²) in [7, 11) is 0. The van der Waals surface area contributed by atoms with Gasteiger partial charge in [-0.25, -0.2) is 0 Å². The molecule has 3 N–H and O–H groups in total. The van der Waals surface area contributed by atoms with Crippen LogP contribution in [0.1, 0.15) is 24.0 Å². The van der Waals surface area contributed by atoms with Crippen molar-refractivity contribution in [3.8, 4) is 0 Å². The molecule has 0 bridgehead atoms. The van der Waals surface area contributed by atoms with Crippen LogP contribution in [0.25, 0.3) is 0 Å². The molecule has 2 rings (SSSR count). The molecular weight excluding hydrogens is 162 g/mol. The summed E-state index contributed by atoms with van der Waals surface area (Å²) >= 11 is 0. The number of benzene rings is 1. The third kappa shape index (κ3) is 1.74. The van der Waals surface area contributed by atoms with E-state index in [4.69, 9.17) is 10.8 Å². The maximum absolute atomic E-state index is 8.80. The van der Waals surface area contributed by atoms with E-state index < -0.39 is 0 Å². The Morgan fingerprint density at radius 1 is 1.38 bits per heavy atom. The van der Waals surface area contributed by atoms with Gasteiger partial charge in [0.1, 0.15) is 0 Å². The van der Waals surface area contributed by atoms with Gasteiger partial charge in [-0.1, -0.05) is 24.3 Å². The molecule has 2 heteroatoms. The summed E-state index contributed by atoms with van der Waals surface area (Å²) in [6.07, 6.45) is 2.91. The SMILES string of the molecule is NC1(c2cccc(CCO)c2)CC1. The van der Waals surface area contributed by atoms with Gasteiger partial charge in [-0.15, -0.1) is 0 Å². The van der Waals surface area contributed by atoms with Crippen LogP contribution >= 0.6 is 0 Å². The van der Waals surface area contributed by atoms with Gasteiger partial charge in [0, 0.05) is 12.1 Å². The lowest BCUT2D eigenvalue weighted by Gasteiger charge is -2.10. The zero-order chi connectivity index (χ0) is 9.31. The zero-order valence-electron chi connectivity index (χ0n) is 7.66. The molecule has 0 unspecified atom stereocenters. The second-order valence-electron chi connectivity index (χ2n) is 3.83. The molecule has 0 aromatic heterocycles. The Hall–Kier alpha value is -0.860. The lowest BCUT2D eigenvalue weighted by atomic mass is 10.0. The number of rotatable bonds is 3. The van der Waals surface area contributed by atoms with E-state index in [2.05, 4.69) is 12.1 Å². The average Bonchev–Trinajstić information content (AvgIpc) is 2.86. The van der Waals surface area contributed by atoms with E-state index in [-0.39, 0.29) is 12.1 Å². The van der Waals surface area contributed by atoms with E-state index in [1.54, 1.807) is 0 Å². The van der Waals surface area contributed by atoms with E-state index in [9.17, 15) is 0 Å². The number of aliphatic hydroxyl groups excluding tert-OH is 1. The summed E-state index contributed by atoms with van der Waals surface area (Å²) in [5.74, 6) is 0. The monoisotopic (exact) mass is 177 g/mol. The Kier molecular flexibility index (Phi) is 2.10. The predicted molar refractivity (Wildman–Crippen MR) is 52.3 cm³/mol. The van der Waals surface area contributed by atoms with Crippen LogP contribution in [0.2, 0.25) is 0 Å². The van der Waals surface area contributed by atoms with Gasteiger partial charge in [0.15, 0.2) is 0 Å². The second kappa shape index (κ2) is 3.13. The van der Waals surface area contributed by atoms with Gasteiger partial charge in [-0.3, -0.25) is 0 Å². The molecule has 0 atom stereocenters. The normalized spacial score (nSPS) is 18.6. The van der Waals surface area contributed by atoms with Crippen molar-refractivity contribution in [2.75, 3.05) is 6.61 Å². The van der Waals surface area contributed by atoms with Crippen LogP contribution < -0.4 is 5.73 Å². The second-order valence-corrected chi connectivity index (χ2v) is 3.83. The molecule has 1 aromatic rings. The van der Waals surface area contributed by atoms with Crippen molar-refractivity contribution in [1.82, 2.24) is 0 Å². The highest BCUT2D eigenvalue weighted by atomic mass is 16.2. The lowest BCUT2D eigenvalue weighted by Crippen LogP contribution is -2.18. The van der Waals surface area contributed by atoms with Crippen molar-refractivity contribution < 1.29 is 5.11 Å². The Labute approximate surface area is 78.4 Å². The van der Waals surface area contributed by atoms with Crippen molar-refractivity contribution in [1.29, 1.82) is 0 Å². The maximum Gasteiger partial charge on any atom is 0.0471 e. The third-order valence-corrected chi connectivity index (χ3v) is 2.69. The molecule has 1 aliphatic carbocycles. The van der Waals surface area contributed by atoms with Crippen molar-refractivity contribution >= 4 is 0 Å². The van der Waals surface area contributed by atoms with E-state index in [1.807, 2.05) is 12.1 Å². The quantitative estimate of drug-likeness (QED) is 0.728. The topological polar surface area (TPSA) is 46.2 Å². The van der Waals surface area contributed by atoms with Gasteiger partial charge in [0.05, 0.1) is 0 Å². The molecule has 0 amide bonds. The van der Waals surface area contributed by atoms with Crippen LogP contribution in [0.3, 0.4) is 0 Å².